The molecule has 7 nitrogen and oxygen atoms in total. The molecular weight excluding hydrogens is 368 g/mol. The largest absolute Gasteiger partial charge is 0.433 e. The highest BCUT2D eigenvalue weighted by atomic mass is 16.2. The number of piperazine rings is 1. The van der Waals surface area contributed by atoms with Crippen LogP contribution in [0.3, 0.4) is 0 Å². The van der Waals surface area contributed by atoms with E-state index in [4.69, 9.17) is 0 Å². The minimum atomic E-state index is -0.543. The number of imide groups is 1. The maximum absolute atomic E-state index is 13.7. The highest BCUT2D eigenvalue weighted by molar-refractivity contribution is 6.22. The molecule has 3 aliphatic rings. The minimum Gasteiger partial charge on any atom is -0.293 e. The van der Waals surface area contributed by atoms with Gasteiger partial charge in [-0.2, -0.15) is 10.2 Å². The number of nitriles is 1. The van der Waals surface area contributed by atoms with E-state index in [1.165, 1.54) is 4.90 Å². The number of carbonyl (C=O) groups is 3. The zero-order valence-corrected chi connectivity index (χ0v) is 16.3. The monoisotopic (exact) mass is 389 g/mol. The molecule has 7 heteroatoms. The smallest absolute Gasteiger partial charge is 0.293 e. The SMILES string of the molecule is CC(C)C(=O)C1CN2CC3C(=O)N(c4ccc(C#N)c5ccccc45)C(=O)[N+]13C2. The third kappa shape index (κ3) is 2.16. The van der Waals surface area contributed by atoms with Gasteiger partial charge in [0.25, 0.3) is 5.91 Å². The Morgan fingerprint density at radius 1 is 1.14 bits per heavy atom. The van der Waals surface area contributed by atoms with Gasteiger partial charge in [-0.1, -0.05) is 38.1 Å². The first-order valence-electron chi connectivity index (χ1n) is 9.84. The highest BCUT2D eigenvalue weighted by Crippen LogP contribution is 2.45. The van der Waals surface area contributed by atoms with Crippen molar-refractivity contribution in [3.05, 3.63) is 42.0 Å². The molecule has 0 radical (unpaired) electrons. The van der Waals surface area contributed by atoms with Crippen molar-refractivity contribution in [2.45, 2.75) is 25.9 Å². The number of hydrogen-bond acceptors (Lipinski definition) is 5. The van der Waals surface area contributed by atoms with Crippen LogP contribution in [-0.4, -0.2) is 58.9 Å². The zero-order valence-electron chi connectivity index (χ0n) is 16.3. The Balaban J connectivity index is 1.66. The van der Waals surface area contributed by atoms with E-state index in [9.17, 15) is 19.6 Å². The van der Waals surface area contributed by atoms with Crippen LogP contribution in [0.1, 0.15) is 19.4 Å². The number of urea groups is 1. The van der Waals surface area contributed by atoms with Crippen molar-refractivity contribution < 1.29 is 18.9 Å². The summed E-state index contributed by atoms with van der Waals surface area (Å²) in [5.41, 5.74) is 0.988. The van der Waals surface area contributed by atoms with Crippen LogP contribution in [-0.2, 0) is 9.59 Å². The number of anilines is 1. The number of hydrogen-bond donors (Lipinski definition) is 0. The van der Waals surface area contributed by atoms with Crippen molar-refractivity contribution in [3.8, 4) is 6.07 Å². The molecule has 0 saturated carbocycles. The molecule has 0 aliphatic carbocycles. The summed E-state index contributed by atoms with van der Waals surface area (Å²) in [5, 5.41) is 10.8. The Morgan fingerprint density at radius 2 is 1.86 bits per heavy atom. The lowest BCUT2D eigenvalue weighted by Crippen LogP contribution is -2.63. The molecule has 3 saturated heterocycles. The lowest BCUT2D eigenvalue weighted by atomic mass is 9.97. The lowest BCUT2D eigenvalue weighted by molar-refractivity contribution is -0.853. The van der Waals surface area contributed by atoms with Crippen LogP contribution in [0, 0.1) is 17.2 Å². The fraction of sp³-hybridized carbons (Fsp3) is 0.364. The molecule has 2 aromatic rings. The van der Waals surface area contributed by atoms with Crippen molar-refractivity contribution in [2.75, 3.05) is 24.7 Å². The Morgan fingerprint density at radius 3 is 2.55 bits per heavy atom. The number of ketones is 1. The third-order valence-corrected chi connectivity index (χ3v) is 6.62. The van der Waals surface area contributed by atoms with Crippen molar-refractivity contribution in [1.82, 2.24) is 4.90 Å². The van der Waals surface area contributed by atoms with Gasteiger partial charge in [-0.25, -0.2) is 14.2 Å². The predicted octanol–water partition coefficient (Wildman–Crippen LogP) is 2.24. The first-order valence-corrected chi connectivity index (χ1v) is 9.84. The van der Waals surface area contributed by atoms with Crippen molar-refractivity contribution in [3.63, 3.8) is 0 Å². The number of amides is 3. The molecule has 4 unspecified atom stereocenters. The molecule has 5 rings (SSSR count). The second-order valence-electron chi connectivity index (χ2n) is 8.44. The molecule has 3 fully saturated rings. The van der Waals surface area contributed by atoms with Crippen LogP contribution in [0.5, 0.6) is 0 Å². The summed E-state index contributed by atoms with van der Waals surface area (Å²) in [6, 6.07) is 11.4. The molecule has 2 aromatic carbocycles. The van der Waals surface area contributed by atoms with Gasteiger partial charge < -0.3 is 0 Å². The summed E-state index contributed by atoms with van der Waals surface area (Å²) in [4.78, 5) is 43.4. The maximum Gasteiger partial charge on any atom is 0.433 e. The number of fused-ring (bicyclic) bond motifs is 2. The van der Waals surface area contributed by atoms with Crippen molar-refractivity contribution in [2.24, 2.45) is 5.92 Å². The van der Waals surface area contributed by atoms with Gasteiger partial charge in [0.1, 0.15) is 6.67 Å². The molecule has 0 aromatic heterocycles. The molecule has 2 bridgehead atoms. The van der Waals surface area contributed by atoms with E-state index >= 15 is 0 Å². The second-order valence-corrected chi connectivity index (χ2v) is 8.44. The Hall–Kier alpha value is -3.08. The summed E-state index contributed by atoms with van der Waals surface area (Å²) in [6.45, 7) is 5.10. The van der Waals surface area contributed by atoms with Crippen molar-refractivity contribution >= 4 is 34.2 Å². The second kappa shape index (κ2) is 5.96. The minimum absolute atomic E-state index is 0.0323. The summed E-state index contributed by atoms with van der Waals surface area (Å²) in [7, 11) is 0. The van der Waals surface area contributed by atoms with Gasteiger partial charge in [0, 0.05) is 16.7 Å². The molecular formula is C22H21N4O3+. The average molecular weight is 389 g/mol. The van der Waals surface area contributed by atoms with Gasteiger partial charge in [0.2, 0.25) is 0 Å². The number of rotatable bonds is 3. The number of carbonyl (C=O) groups excluding carboxylic acids is 3. The van der Waals surface area contributed by atoms with E-state index in [1.54, 1.807) is 12.1 Å². The molecule has 0 N–H and O–H groups in total. The first kappa shape index (κ1) is 18.0. The third-order valence-electron chi connectivity index (χ3n) is 6.62. The quantitative estimate of drug-likeness (QED) is 0.594. The maximum atomic E-state index is 13.7. The van der Waals surface area contributed by atoms with Gasteiger partial charge >= 0.3 is 6.03 Å². The van der Waals surface area contributed by atoms with Crippen LogP contribution in [0.4, 0.5) is 10.5 Å². The first-order chi connectivity index (χ1) is 13.9. The number of Topliss-reactive ketones (excluding diaryl/α,β-unsaturated/α-hetero) is 1. The van der Waals surface area contributed by atoms with Crippen LogP contribution in [0.2, 0.25) is 0 Å². The lowest BCUT2D eigenvalue weighted by Gasteiger charge is -2.33. The predicted molar refractivity (Wildman–Crippen MR) is 106 cm³/mol. The molecule has 3 aliphatic heterocycles. The van der Waals surface area contributed by atoms with E-state index in [0.29, 0.717) is 41.8 Å². The number of nitrogens with zero attached hydrogens (tertiary/aromatic N) is 4. The fourth-order valence-corrected chi connectivity index (χ4v) is 5.25. The number of quaternary nitrogens is 1. The van der Waals surface area contributed by atoms with Crippen LogP contribution < -0.4 is 4.90 Å². The summed E-state index contributed by atoms with van der Waals surface area (Å²) in [6.07, 6.45) is 0. The highest BCUT2D eigenvalue weighted by Gasteiger charge is 2.73. The Bertz CT molecular complexity index is 1130. The van der Waals surface area contributed by atoms with Gasteiger partial charge in [0.15, 0.2) is 17.9 Å². The molecule has 3 heterocycles. The normalized spacial score (nSPS) is 30.3. The molecule has 1 spiro atoms. The van der Waals surface area contributed by atoms with E-state index in [0.717, 1.165) is 0 Å². The van der Waals surface area contributed by atoms with Gasteiger partial charge in [0.05, 0.1) is 30.4 Å². The zero-order chi connectivity index (χ0) is 20.5. The Kier molecular flexibility index (Phi) is 3.69. The molecule has 4 atom stereocenters. The van der Waals surface area contributed by atoms with Crippen LogP contribution in [0.15, 0.2) is 36.4 Å². The average Bonchev–Trinajstić information content (AvgIpc) is 3.35. The fourth-order valence-electron chi connectivity index (χ4n) is 5.25. The van der Waals surface area contributed by atoms with E-state index in [-0.39, 0.29) is 28.1 Å². The van der Waals surface area contributed by atoms with Gasteiger partial charge in [-0.3, -0.25) is 9.59 Å². The molecule has 29 heavy (non-hydrogen) atoms. The van der Waals surface area contributed by atoms with Crippen LogP contribution in [0.25, 0.3) is 10.8 Å². The standard InChI is InChI=1S/C22H21N4O3/c1-13(2)20(27)18-10-24-11-19-21(28)25(22(29)26(18,19)12-24)17-8-7-14(9-23)15-5-3-4-6-16(15)17/h3-8,13,18-19H,10-12H2,1-2H3/q+1. The van der Waals surface area contributed by atoms with E-state index < -0.39 is 12.1 Å². The summed E-state index contributed by atoms with van der Waals surface area (Å²) >= 11 is 0. The molecule has 3 amide bonds. The van der Waals surface area contributed by atoms with Crippen LogP contribution >= 0.6 is 0 Å². The number of benzene rings is 2. The van der Waals surface area contributed by atoms with Gasteiger partial charge in [-0.05, 0) is 12.1 Å². The summed E-state index contributed by atoms with van der Waals surface area (Å²) < 4.78 is -0.107. The summed E-state index contributed by atoms with van der Waals surface area (Å²) in [5.74, 6) is -0.417. The molecule has 146 valence electrons. The van der Waals surface area contributed by atoms with Gasteiger partial charge in [-0.15, -0.1) is 0 Å². The Labute approximate surface area is 168 Å². The van der Waals surface area contributed by atoms with E-state index in [2.05, 4.69) is 11.0 Å². The van der Waals surface area contributed by atoms with E-state index in [1.807, 2.05) is 38.1 Å². The van der Waals surface area contributed by atoms with Crippen molar-refractivity contribution in [1.29, 1.82) is 5.26 Å². The topological polar surface area (TPSA) is 81.5 Å².